The van der Waals surface area contributed by atoms with Gasteiger partial charge in [0.15, 0.2) is 158 Å². The van der Waals surface area contributed by atoms with Crippen LogP contribution in [0.1, 0.15) is 82.9 Å². The number of carbonyl (C=O) groups is 8. The Morgan fingerprint density at radius 2 is 0.580 bits per heavy atom. The Kier molecular flexibility index (Phi) is 19.3. The smallest absolute Gasteiger partial charge is 0.342 e. The first-order valence-corrected chi connectivity index (χ1v) is 31.1. The summed E-state index contributed by atoms with van der Waals surface area (Å²) in [5.41, 5.74) is -14.2. The average Bonchev–Trinajstić information content (AvgIpc) is 1.17. The molecule has 2 saturated heterocycles. The third-order valence-corrected chi connectivity index (χ3v) is 17.4. The molecule has 10 atom stereocenters. The van der Waals surface area contributed by atoms with E-state index in [1.54, 1.807) is 0 Å². The van der Waals surface area contributed by atoms with Crippen LogP contribution in [-0.4, -0.2) is 250 Å². The molecule has 44 nitrogen and oxygen atoms in total. The van der Waals surface area contributed by atoms with Gasteiger partial charge < -0.3 is 180 Å². The molecule has 25 N–H and O–H groups in total. The lowest BCUT2D eigenvalue weighted by Crippen LogP contribution is -2.62. The number of aliphatic hydroxyl groups excluding tert-OH is 2. The number of cyclic esters (lactones) is 2. The normalized spacial score (nSPS) is 20.7. The second-order valence-corrected chi connectivity index (χ2v) is 24.2. The van der Waals surface area contributed by atoms with Gasteiger partial charge in [-0.05, 0) is 54.6 Å². The molecular weight excluding hydrogens is 1520 g/mol. The average molecular weight is 1570 g/mol. The number of hydrogen-bond donors (Lipinski definition) is 25. The number of ether oxygens (including phenoxy) is 11. The Balaban J connectivity index is 0.941. The van der Waals surface area contributed by atoms with Crippen molar-refractivity contribution in [2.75, 3.05) is 13.2 Å². The summed E-state index contributed by atoms with van der Waals surface area (Å²) in [6.07, 6.45) is -26.1. The molecule has 112 heavy (non-hydrogen) atoms. The van der Waals surface area contributed by atoms with Gasteiger partial charge in [0, 0.05) is 34.4 Å². The number of phenols is 23. The molecule has 12 rings (SSSR count). The monoisotopic (exact) mass is 1570 g/mol. The van der Waals surface area contributed by atoms with Crippen molar-refractivity contribution >= 4 is 47.8 Å². The van der Waals surface area contributed by atoms with Crippen LogP contribution in [0, 0.1) is 0 Å². The van der Waals surface area contributed by atoms with Crippen molar-refractivity contribution in [2.24, 2.45) is 0 Å². The Labute approximate surface area is 616 Å². The van der Waals surface area contributed by atoms with E-state index in [1.807, 2.05) is 0 Å². The number of benzene rings is 8. The third-order valence-electron chi connectivity index (χ3n) is 17.4. The van der Waals surface area contributed by atoms with Crippen LogP contribution in [0.25, 0.3) is 22.3 Å². The first kappa shape index (κ1) is 76.2. The highest BCUT2D eigenvalue weighted by molar-refractivity contribution is 6.10. The number of carbonyl (C=O) groups excluding carboxylic acids is 8. The van der Waals surface area contributed by atoms with Crippen LogP contribution < -0.4 is 4.74 Å². The predicted octanol–water partition coefficient (Wildman–Crippen LogP) is 1.77. The van der Waals surface area contributed by atoms with Gasteiger partial charge in [-0.3, -0.25) is 0 Å². The number of rotatable bonds is 10. The third kappa shape index (κ3) is 13.2. The molecule has 4 unspecified atom stereocenters. The maximum absolute atomic E-state index is 15.0. The van der Waals surface area contributed by atoms with Crippen LogP contribution in [0.5, 0.6) is 144 Å². The summed E-state index contributed by atoms with van der Waals surface area (Å²) in [6.45, 7) is -2.82. The van der Waals surface area contributed by atoms with Crippen LogP contribution in [0.15, 0.2) is 66.7 Å². The van der Waals surface area contributed by atoms with Crippen molar-refractivity contribution in [2.45, 2.75) is 61.4 Å². The molecular formula is C68H50O44. The van der Waals surface area contributed by atoms with Gasteiger partial charge >= 0.3 is 47.8 Å². The fraction of sp³-hybridized carbons (Fsp3) is 0.176. The quantitative estimate of drug-likeness (QED) is 0.0527. The van der Waals surface area contributed by atoms with Gasteiger partial charge in [0.05, 0.1) is 38.9 Å². The zero-order valence-corrected chi connectivity index (χ0v) is 55.0. The van der Waals surface area contributed by atoms with Gasteiger partial charge in [-0.15, -0.1) is 0 Å². The Morgan fingerprint density at radius 1 is 0.304 bits per heavy atom. The Morgan fingerprint density at radius 3 is 0.929 bits per heavy atom. The fourth-order valence-corrected chi connectivity index (χ4v) is 11.9. The molecule has 4 heterocycles. The lowest BCUT2D eigenvalue weighted by atomic mass is 9.91. The molecule has 0 amide bonds. The molecule has 44 heteroatoms. The number of aliphatic hydroxyl groups is 2. The van der Waals surface area contributed by atoms with Crippen LogP contribution in [0.2, 0.25) is 0 Å². The van der Waals surface area contributed by atoms with E-state index in [1.165, 1.54) is 0 Å². The maximum Gasteiger partial charge on any atom is 0.342 e. The highest BCUT2D eigenvalue weighted by atomic mass is 16.7. The van der Waals surface area contributed by atoms with Crippen LogP contribution in [0.3, 0.4) is 0 Å². The van der Waals surface area contributed by atoms with Crippen molar-refractivity contribution in [3.8, 4) is 166 Å². The van der Waals surface area contributed by atoms with Crippen molar-refractivity contribution in [3.05, 3.63) is 111 Å². The maximum atomic E-state index is 15.0. The topological polar surface area (TPSA) is 744 Å². The summed E-state index contributed by atoms with van der Waals surface area (Å²) in [7, 11) is 0. The standard InChI is InChI=1S/C68H50O44/c69-22-1-14(2-23(70)39(22)79)59(92)109-55-53-34(105-67(100)57(55)111-61(94)16-5-26(73)41(81)27(74)6-16)13-103-63(96)20-11-32(46(86)50(90)38(20)37-19(65(98)107-53)9-30(77)44(84)49(37)89)104-52-21(10-31(78)45(85)51(52)91)66(99)112-58-56(110-60(93)15-3-24(71)40(80)25(72)4-15)54-33(106-68(58)101)12-102-62(95)17-7-28(75)42(82)47(87)35(17)36-18(64(97)108-54)8-29(76)43(83)48(36)88/h1-11,33-34,53-58,67-91,100-101H,12-13H2/t33?,34?,53-,54-,55+,56+,57?,58?,67-,68-/m1/s1. The Hall–Kier alpha value is -15.4. The summed E-state index contributed by atoms with van der Waals surface area (Å²) in [5, 5.41) is 271. The second-order valence-electron chi connectivity index (χ2n) is 24.2. The minimum Gasteiger partial charge on any atom is -0.504 e. The number of phenolic OH excluding ortho intramolecular Hbond substituents is 23. The van der Waals surface area contributed by atoms with Crippen molar-refractivity contribution in [1.29, 1.82) is 0 Å². The molecule has 0 bridgehead atoms. The molecule has 2 fully saturated rings. The summed E-state index contributed by atoms with van der Waals surface area (Å²) in [6, 6.07) is 4.24. The number of aromatic hydroxyl groups is 23. The van der Waals surface area contributed by atoms with E-state index >= 15 is 0 Å². The van der Waals surface area contributed by atoms with Crippen molar-refractivity contribution in [3.63, 3.8) is 0 Å². The molecule has 4 aliphatic rings. The predicted molar refractivity (Wildman–Crippen MR) is 345 cm³/mol. The van der Waals surface area contributed by atoms with E-state index in [4.69, 9.17) is 52.1 Å². The number of esters is 8. The molecule has 8 aromatic carbocycles. The summed E-state index contributed by atoms with van der Waals surface area (Å²) < 4.78 is 61.0. The van der Waals surface area contributed by atoms with Gasteiger partial charge in [0.2, 0.25) is 34.5 Å². The molecule has 586 valence electrons. The van der Waals surface area contributed by atoms with Crippen LogP contribution in [-0.2, 0) is 47.4 Å². The minimum absolute atomic E-state index is 0.159. The number of hydrogen-bond acceptors (Lipinski definition) is 44. The molecule has 0 aliphatic carbocycles. The lowest BCUT2D eigenvalue weighted by molar-refractivity contribution is -0.284. The van der Waals surface area contributed by atoms with Crippen molar-refractivity contribution < 1.29 is 218 Å². The minimum atomic E-state index is -2.88. The van der Waals surface area contributed by atoms with Crippen LogP contribution >= 0.6 is 0 Å². The summed E-state index contributed by atoms with van der Waals surface area (Å²) >= 11 is 0. The summed E-state index contributed by atoms with van der Waals surface area (Å²) in [4.78, 5) is 115. The molecule has 0 radical (unpaired) electrons. The SMILES string of the molecule is O=C(OC1[C@H](O)OC2COC(=O)c3cc(Oc4c(C(=O)OC5[C@H](O)OC6COC(=O)c7cc(O)c(O)c(O)c7-c7c(cc(O)c(O)c7O)C(=O)O[C@H]6[C@@H]5OC(=O)c5cc(O)c(O)c(O)c5)cc(O)c(O)c4O)c(O)c(O)c3-c3c(cc(O)c(O)c3O)C(=O)O[C@H]2[C@@H]1OC(=O)c1cc(O)c(O)c(O)c1)c1cc(O)c(O)c(O)c1. The van der Waals surface area contributed by atoms with E-state index in [-0.39, 0.29) is 18.2 Å². The highest BCUT2D eigenvalue weighted by Gasteiger charge is 2.56. The van der Waals surface area contributed by atoms with E-state index in [2.05, 4.69) is 0 Å². The van der Waals surface area contributed by atoms with Gasteiger partial charge in [0.1, 0.15) is 31.0 Å². The lowest BCUT2D eigenvalue weighted by Gasteiger charge is -2.42. The van der Waals surface area contributed by atoms with E-state index in [0.29, 0.717) is 48.5 Å². The molecule has 0 aromatic heterocycles. The Bertz CT molecular complexity index is 5320. The molecule has 0 spiro atoms. The van der Waals surface area contributed by atoms with Gasteiger partial charge in [-0.25, -0.2) is 38.4 Å². The fourth-order valence-electron chi connectivity index (χ4n) is 11.9. The second kappa shape index (κ2) is 28.4. The molecule has 4 aliphatic heterocycles. The van der Waals surface area contributed by atoms with E-state index in [9.17, 15) is 166 Å². The first-order chi connectivity index (χ1) is 52.7. The molecule has 0 saturated carbocycles. The van der Waals surface area contributed by atoms with Crippen LogP contribution in [0.4, 0.5) is 0 Å². The van der Waals surface area contributed by atoms with E-state index in [0.717, 1.165) is 0 Å². The first-order valence-electron chi connectivity index (χ1n) is 31.1. The zero-order chi connectivity index (χ0) is 81.7. The van der Waals surface area contributed by atoms with E-state index < -0.39 is 333 Å². The zero-order valence-electron chi connectivity index (χ0n) is 55.0. The molecule has 8 aromatic rings. The number of fused-ring (bicyclic) bond motifs is 8. The highest BCUT2D eigenvalue weighted by Crippen LogP contribution is 2.58. The van der Waals surface area contributed by atoms with Crippen molar-refractivity contribution in [1.82, 2.24) is 0 Å². The van der Waals surface area contributed by atoms with Gasteiger partial charge in [-0.2, -0.15) is 0 Å². The largest absolute Gasteiger partial charge is 0.504 e. The van der Waals surface area contributed by atoms with Gasteiger partial charge in [-0.1, -0.05) is 0 Å². The summed E-state index contributed by atoms with van der Waals surface area (Å²) in [5.74, 6) is -50.8. The van der Waals surface area contributed by atoms with Gasteiger partial charge in [0.25, 0.3) is 0 Å².